The minimum absolute atomic E-state index is 0.00126. The molecule has 1 N–H and O–H groups in total. The van der Waals surface area contributed by atoms with E-state index < -0.39 is 6.23 Å². The van der Waals surface area contributed by atoms with E-state index in [4.69, 9.17) is 19.3 Å². The highest BCUT2D eigenvalue weighted by Crippen LogP contribution is 2.49. The zero-order valence-electron chi connectivity index (χ0n) is 16.8. The fraction of sp³-hybridized carbons (Fsp3) is 0.208. The summed E-state index contributed by atoms with van der Waals surface area (Å²) >= 11 is 0. The number of aromatic hydroxyl groups is 1. The van der Waals surface area contributed by atoms with Crippen LogP contribution < -0.4 is 14.2 Å². The van der Waals surface area contributed by atoms with Crippen molar-refractivity contribution < 1.29 is 19.3 Å². The van der Waals surface area contributed by atoms with E-state index in [1.54, 1.807) is 20.3 Å². The highest BCUT2D eigenvalue weighted by molar-refractivity contribution is 6.04. The van der Waals surface area contributed by atoms with Crippen LogP contribution in [0, 0.1) is 0 Å². The number of hydrazone groups is 1. The van der Waals surface area contributed by atoms with Gasteiger partial charge >= 0.3 is 0 Å². The molecule has 3 aromatic carbocycles. The molecule has 5 rings (SSSR count). The van der Waals surface area contributed by atoms with Crippen LogP contribution in [0.25, 0.3) is 0 Å². The Morgan fingerprint density at radius 2 is 1.77 bits per heavy atom. The molecular weight excluding hydrogens is 380 g/mol. The normalized spacial score (nSPS) is 19.4. The third-order valence-corrected chi connectivity index (χ3v) is 5.62. The number of rotatable bonds is 4. The van der Waals surface area contributed by atoms with E-state index in [0.717, 1.165) is 28.2 Å². The highest BCUT2D eigenvalue weighted by Gasteiger charge is 2.42. The molecule has 0 saturated carbocycles. The molecule has 6 nitrogen and oxygen atoms in total. The van der Waals surface area contributed by atoms with Crippen molar-refractivity contribution in [2.45, 2.75) is 18.7 Å². The molecule has 6 heteroatoms. The number of ether oxygens (including phenoxy) is 3. The maximum absolute atomic E-state index is 10.4. The van der Waals surface area contributed by atoms with Crippen LogP contribution in [0.1, 0.15) is 35.4 Å². The third-order valence-electron chi connectivity index (χ3n) is 5.62. The zero-order valence-corrected chi connectivity index (χ0v) is 16.8. The van der Waals surface area contributed by atoms with Crippen LogP contribution in [-0.4, -0.2) is 30.0 Å². The molecule has 2 heterocycles. The van der Waals surface area contributed by atoms with Gasteiger partial charge in [-0.3, -0.25) is 0 Å². The summed E-state index contributed by atoms with van der Waals surface area (Å²) in [4.78, 5) is 0. The lowest BCUT2D eigenvalue weighted by Crippen LogP contribution is -2.33. The topological polar surface area (TPSA) is 63.5 Å². The molecule has 2 aliphatic heterocycles. The van der Waals surface area contributed by atoms with Crippen LogP contribution in [0.15, 0.2) is 71.8 Å². The molecule has 0 fully saturated rings. The summed E-state index contributed by atoms with van der Waals surface area (Å²) in [6.07, 6.45) is 0.210. The van der Waals surface area contributed by atoms with E-state index in [-0.39, 0.29) is 11.8 Å². The fourth-order valence-electron chi connectivity index (χ4n) is 4.14. The molecular formula is C24H22N2O4. The second-order valence-corrected chi connectivity index (χ2v) is 7.28. The quantitative estimate of drug-likeness (QED) is 0.688. The molecule has 0 aromatic heterocycles. The first-order valence-corrected chi connectivity index (χ1v) is 9.81. The third kappa shape index (κ3) is 2.92. The van der Waals surface area contributed by atoms with Gasteiger partial charge in [-0.15, -0.1) is 0 Å². The van der Waals surface area contributed by atoms with Gasteiger partial charge in [0.2, 0.25) is 6.23 Å². The molecule has 0 amide bonds. The predicted molar refractivity (Wildman–Crippen MR) is 113 cm³/mol. The van der Waals surface area contributed by atoms with Gasteiger partial charge in [0, 0.05) is 23.6 Å². The standard InChI is InChI=1S/C24H22N2O4/c1-28-15-11-12-18(23(13-15)29-2)24-26-20(17-8-4-6-10-22(17)30-24)14-19(25-26)16-7-3-5-9-21(16)27/h3-13,20,24,27H,14H2,1-2H3/t20-,24-/m0/s1. The summed E-state index contributed by atoms with van der Waals surface area (Å²) in [5, 5.41) is 17.2. The maximum atomic E-state index is 10.4. The van der Waals surface area contributed by atoms with E-state index >= 15 is 0 Å². The number of phenolic OH excluding ortho intramolecular Hbond substituents is 1. The Kier molecular flexibility index (Phi) is 4.47. The van der Waals surface area contributed by atoms with Gasteiger partial charge in [0.25, 0.3) is 0 Å². The number of para-hydroxylation sites is 2. The minimum atomic E-state index is -0.464. The van der Waals surface area contributed by atoms with Crippen molar-refractivity contribution in [2.75, 3.05) is 14.2 Å². The van der Waals surface area contributed by atoms with Gasteiger partial charge in [-0.05, 0) is 30.3 Å². The largest absolute Gasteiger partial charge is 0.507 e. The lowest BCUT2D eigenvalue weighted by Gasteiger charge is -2.38. The number of fused-ring (bicyclic) bond motifs is 3. The first-order valence-electron chi connectivity index (χ1n) is 9.81. The van der Waals surface area contributed by atoms with Crippen molar-refractivity contribution in [3.63, 3.8) is 0 Å². The number of hydrogen-bond donors (Lipinski definition) is 1. The van der Waals surface area contributed by atoms with E-state index in [1.165, 1.54) is 0 Å². The number of phenols is 1. The van der Waals surface area contributed by atoms with Crippen molar-refractivity contribution in [1.29, 1.82) is 0 Å². The number of nitrogens with zero attached hydrogens (tertiary/aromatic N) is 2. The van der Waals surface area contributed by atoms with Crippen molar-refractivity contribution in [2.24, 2.45) is 5.10 Å². The molecule has 0 bridgehead atoms. The van der Waals surface area contributed by atoms with Crippen molar-refractivity contribution in [3.05, 3.63) is 83.4 Å². The van der Waals surface area contributed by atoms with Gasteiger partial charge in [0.1, 0.15) is 23.0 Å². The lowest BCUT2D eigenvalue weighted by atomic mass is 9.95. The van der Waals surface area contributed by atoms with Gasteiger partial charge in [0.05, 0.1) is 31.5 Å². The van der Waals surface area contributed by atoms with Gasteiger partial charge in [-0.1, -0.05) is 30.3 Å². The summed E-state index contributed by atoms with van der Waals surface area (Å²) in [6, 6.07) is 21.0. The molecule has 3 aromatic rings. The van der Waals surface area contributed by atoms with E-state index in [1.807, 2.05) is 59.6 Å². The van der Waals surface area contributed by atoms with Crippen LogP contribution in [0.5, 0.6) is 23.0 Å². The van der Waals surface area contributed by atoms with Crippen molar-refractivity contribution >= 4 is 5.71 Å². The van der Waals surface area contributed by atoms with Crippen molar-refractivity contribution in [3.8, 4) is 23.0 Å². The Labute approximate surface area is 174 Å². The fourth-order valence-corrected chi connectivity index (χ4v) is 4.14. The van der Waals surface area contributed by atoms with E-state index in [9.17, 15) is 5.11 Å². The summed E-state index contributed by atoms with van der Waals surface area (Å²) in [6.45, 7) is 0. The Hall–Kier alpha value is -3.67. The Morgan fingerprint density at radius 1 is 0.967 bits per heavy atom. The number of hydrogen-bond acceptors (Lipinski definition) is 6. The van der Waals surface area contributed by atoms with Crippen LogP contribution in [0.3, 0.4) is 0 Å². The van der Waals surface area contributed by atoms with Gasteiger partial charge in [-0.2, -0.15) is 5.10 Å². The minimum Gasteiger partial charge on any atom is -0.507 e. The first-order chi connectivity index (χ1) is 14.7. The molecule has 0 radical (unpaired) electrons. The second kappa shape index (κ2) is 7.30. The average Bonchev–Trinajstić information content (AvgIpc) is 3.24. The molecule has 2 aliphatic rings. The number of methoxy groups -OCH3 is 2. The lowest BCUT2D eigenvalue weighted by molar-refractivity contribution is -0.0203. The molecule has 0 unspecified atom stereocenters. The molecule has 2 atom stereocenters. The van der Waals surface area contributed by atoms with Crippen LogP contribution >= 0.6 is 0 Å². The van der Waals surface area contributed by atoms with E-state index in [0.29, 0.717) is 17.9 Å². The monoisotopic (exact) mass is 402 g/mol. The summed E-state index contributed by atoms with van der Waals surface area (Å²) in [5.74, 6) is 2.44. The summed E-state index contributed by atoms with van der Waals surface area (Å²) in [7, 11) is 3.26. The molecule has 152 valence electrons. The summed E-state index contributed by atoms with van der Waals surface area (Å²) in [5.41, 5.74) is 3.51. The second-order valence-electron chi connectivity index (χ2n) is 7.28. The molecule has 0 aliphatic carbocycles. The van der Waals surface area contributed by atoms with Gasteiger partial charge < -0.3 is 19.3 Å². The average molecular weight is 402 g/mol. The van der Waals surface area contributed by atoms with E-state index in [2.05, 4.69) is 6.07 Å². The zero-order chi connectivity index (χ0) is 20.7. The molecule has 0 spiro atoms. The van der Waals surface area contributed by atoms with Crippen LogP contribution in [0.4, 0.5) is 0 Å². The van der Waals surface area contributed by atoms with Gasteiger partial charge in [0.15, 0.2) is 0 Å². The first kappa shape index (κ1) is 18.4. The Bertz CT molecular complexity index is 1130. The molecule has 30 heavy (non-hydrogen) atoms. The SMILES string of the molecule is COc1ccc([C@@H]2Oc3ccccc3[C@@H]3CC(c4ccccc4O)=NN32)c(OC)c1. The van der Waals surface area contributed by atoms with Crippen LogP contribution in [0.2, 0.25) is 0 Å². The molecule has 0 saturated heterocycles. The maximum Gasteiger partial charge on any atom is 0.217 e. The Morgan fingerprint density at radius 3 is 2.57 bits per heavy atom. The highest BCUT2D eigenvalue weighted by atomic mass is 16.5. The predicted octanol–water partition coefficient (Wildman–Crippen LogP) is 4.65. The smallest absolute Gasteiger partial charge is 0.217 e. The number of benzene rings is 3. The Balaban J connectivity index is 1.63. The van der Waals surface area contributed by atoms with Crippen LogP contribution in [-0.2, 0) is 0 Å². The summed E-state index contributed by atoms with van der Waals surface area (Å²) < 4.78 is 17.4. The van der Waals surface area contributed by atoms with Gasteiger partial charge in [-0.25, -0.2) is 5.01 Å². The van der Waals surface area contributed by atoms with Crippen molar-refractivity contribution in [1.82, 2.24) is 5.01 Å².